The fraction of sp³-hybridized carbons (Fsp3) is 0.538. The van der Waals surface area contributed by atoms with Gasteiger partial charge in [-0.25, -0.2) is 0 Å². The Kier molecular flexibility index (Phi) is 6.24. The second-order valence-corrected chi connectivity index (χ2v) is 5.27. The number of hydrogen-bond acceptors (Lipinski definition) is 0. The van der Waals surface area contributed by atoms with Crippen molar-refractivity contribution in [3.8, 4) is 0 Å². The maximum atomic E-state index is 3.66. The number of hydrogen-bond donors (Lipinski definition) is 0. The highest BCUT2D eigenvalue weighted by Crippen LogP contribution is 2.30. The molecule has 0 fully saturated rings. The van der Waals surface area contributed by atoms with Crippen molar-refractivity contribution in [2.24, 2.45) is 5.92 Å². The first-order valence-electron chi connectivity index (χ1n) is 5.45. The van der Waals surface area contributed by atoms with Gasteiger partial charge in [0.25, 0.3) is 0 Å². The van der Waals surface area contributed by atoms with E-state index in [4.69, 9.17) is 0 Å². The lowest BCUT2D eigenvalue weighted by Crippen LogP contribution is -2.03. The molecule has 0 saturated carbocycles. The van der Waals surface area contributed by atoms with E-state index >= 15 is 0 Å². The lowest BCUT2D eigenvalue weighted by molar-refractivity contribution is 0.432. The largest absolute Gasteiger partial charge is 0.0991 e. The van der Waals surface area contributed by atoms with E-state index in [0.29, 0.717) is 0 Å². The first-order valence-corrected chi connectivity index (χ1v) is 6.53. The Morgan fingerprint density at radius 2 is 2.43 bits per heavy atom. The molecular formula is C13H19I. The second kappa shape index (κ2) is 7.27. The van der Waals surface area contributed by atoms with Gasteiger partial charge < -0.3 is 0 Å². The van der Waals surface area contributed by atoms with Gasteiger partial charge >= 0.3 is 0 Å². The summed E-state index contributed by atoms with van der Waals surface area (Å²) in [4.78, 5) is 0. The summed E-state index contributed by atoms with van der Waals surface area (Å²) in [5, 5.41) is 0. The molecule has 0 aromatic heterocycles. The molecule has 0 spiro atoms. The summed E-state index contributed by atoms with van der Waals surface area (Å²) < 4.78 is 1.56. The van der Waals surface area contributed by atoms with Gasteiger partial charge in [-0.15, -0.1) is 0 Å². The molecule has 0 aromatic carbocycles. The van der Waals surface area contributed by atoms with E-state index in [2.05, 4.69) is 41.3 Å². The highest BCUT2D eigenvalue weighted by molar-refractivity contribution is 14.1. The lowest BCUT2D eigenvalue weighted by atomic mass is 9.90. The van der Waals surface area contributed by atoms with Crippen LogP contribution in [0, 0.1) is 5.92 Å². The van der Waals surface area contributed by atoms with Gasteiger partial charge in [-0.3, -0.25) is 0 Å². The van der Waals surface area contributed by atoms with Crippen LogP contribution in [0.2, 0.25) is 0 Å². The number of rotatable bonds is 5. The standard InChI is InChI=1S/C13H19I/c1-2-3-4-5-6-7-12-8-10-13(14)11-9-12/h2-4,10,12H,1,5-9,11H2/b4-3-. The van der Waals surface area contributed by atoms with Crippen molar-refractivity contribution in [3.63, 3.8) is 0 Å². The summed E-state index contributed by atoms with van der Waals surface area (Å²) in [6.45, 7) is 3.66. The number of unbranched alkanes of at least 4 members (excludes halogenated alkanes) is 1. The van der Waals surface area contributed by atoms with Crippen LogP contribution in [0.1, 0.15) is 38.5 Å². The molecule has 0 nitrogen and oxygen atoms in total. The molecular weight excluding hydrogens is 283 g/mol. The second-order valence-electron chi connectivity index (χ2n) is 3.89. The summed E-state index contributed by atoms with van der Waals surface area (Å²) in [6, 6.07) is 0. The molecule has 0 aromatic rings. The molecule has 1 heteroatoms. The van der Waals surface area contributed by atoms with Crippen LogP contribution in [0.15, 0.2) is 34.5 Å². The van der Waals surface area contributed by atoms with Crippen LogP contribution in [-0.4, -0.2) is 0 Å². The molecule has 1 aliphatic carbocycles. The predicted molar refractivity (Wildman–Crippen MR) is 72.6 cm³/mol. The van der Waals surface area contributed by atoms with Gasteiger partial charge in [0.15, 0.2) is 0 Å². The molecule has 1 atom stereocenters. The van der Waals surface area contributed by atoms with Gasteiger partial charge in [-0.2, -0.15) is 0 Å². The Labute approximate surface area is 101 Å². The van der Waals surface area contributed by atoms with Gasteiger partial charge in [-0.1, -0.05) is 30.9 Å². The summed E-state index contributed by atoms with van der Waals surface area (Å²) in [6.07, 6.45) is 16.5. The van der Waals surface area contributed by atoms with Crippen molar-refractivity contribution in [2.45, 2.75) is 38.5 Å². The Morgan fingerprint density at radius 3 is 3.07 bits per heavy atom. The van der Waals surface area contributed by atoms with E-state index in [0.717, 1.165) is 5.92 Å². The monoisotopic (exact) mass is 302 g/mol. The minimum absolute atomic E-state index is 0.950. The van der Waals surface area contributed by atoms with Crippen LogP contribution in [0.5, 0.6) is 0 Å². The average molecular weight is 302 g/mol. The van der Waals surface area contributed by atoms with E-state index in [9.17, 15) is 0 Å². The van der Waals surface area contributed by atoms with Gasteiger partial charge in [0.05, 0.1) is 0 Å². The van der Waals surface area contributed by atoms with Crippen molar-refractivity contribution in [2.75, 3.05) is 0 Å². The fourth-order valence-electron chi connectivity index (χ4n) is 1.84. The molecule has 0 saturated heterocycles. The number of halogens is 1. The summed E-state index contributed by atoms with van der Waals surface area (Å²) in [5.41, 5.74) is 0. The number of allylic oxidation sites excluding steroid dienone is 5. The fourth-order valence-corrected chi connectivity index (χ4v) is 2.40. The predicted octanol–water partition coefficient (Wildman–Crippen LogP) is 5.02. The van der Waals surface area contributed by atoms with Crippen LogP contribution in [0.25, 0.3) is 0 Å². The summed E-state index contributed by atoms with van der Waals surface area (Å²) in [7, 11) is 0. The van der Waals surface area contributed by atoms with Gasteiger partial charge in [0.1, 0.15) is 0 Å². The van der Waals surface area contributed by atoms with E-state index < -0.39 is 0 Å². The van der Waals surface area contributed by atoms with Crippen LogP contribution in [0.4, 0.5) is 0 Å². The Balaban J connectivity index is 2.08. The molecule has 0 bridgehead atoms. The third kappa shape index (κ3) is 4.99. The third-order valence-electron chi connectivity index (χ3n) is 2.72. The molecule has 0 heterocycles. The average Bonchev–Trinajstić information content (AvgIpc) is 2.21. The molecule has 0 aliphatic heterocycles. The molecule has 0 N–H and O–H groups in total. The minimum Gasteiger partial charge on any atom is -0.0991 e. The van der Waals surface area contributed by atoms with E-state index in [1.54, 1.807) is 3.58 Å². The van der Waals surface area contributed by atoms with E-state index in [1.165, 1.54) is 38.5 Å². The molecule has 0 amide bonds. The van der Waals surface area contributed by atoms with Gasteiger partial charge in [0.2, 0.25) is 0 Å². The third-order valence-corrected chi connectivity index (χ3v) is 3.70. The Bertz CT molecular complexity index is 225. The van der Waals surface area contributed by atoms with Crippen molar-refractivity contribution in [1.29, 1.82) is 0 Å². The minimum atomic E-state index is 0.950. The Morgan fingerprint density at radius 1 is 1.57 bits per heavy atom. The molecule has 78 valence electrons. The normalized spacial score (nSPS) is 22.4. The van der Waals surface area contributed by atoms with Crippen molar-refractivity contribution < 1.29 is 0 Å². The SMILES string of the molecule is C=C/C=C\CCCC1CC=C(I)CC1. The van der Waals surface area contributed by atoms with Crippen LogP contribution in [0.3, 0.4) is 0 Å². The van der Waals surface area contributed by atoms with E-state index in [-0.39, 0.29) is 0 Å². The van der Waals surface area contributed by atoms with Crippen LogP contribution in [-0.2, 0) is 0 Å². The maximum Gasteiger partial charge on any atom is -0.0134 e. The molecule has 0 radical (unpaired) electrons. The molecule has 1 rings (SSSR count). The molecule has 14 heavy (non-hydrogen) atoms. The quantitative estimate of drug-likeness (QED) is 0.380. The van der Waals surface area contributed by atoms with Gasteiger partial charge in [-0.05, 0) is 70.6 Å². The smallest absolute Gasteiger partial charge is 0.0134 e. The van der Waals surface area contributed by atoms with Crippen molar-refractivity contribution >= 4 is 22.6 Å². The van der Waals surface area contributed by atoms with E-state index in [1.807, 2.05) is 12.2 Å². The topological polar surface area (TPSA) is 0 Å². The first-order chi connectivity index (χ1) is 6.83. The molecule has 1 aliphatic rings. The van der Waals surface area contributed by atoms with Crippen molar-refractivity contribution in [3.05, 3.63) is 34.5 Å². The summed E-state index contributed by atoms with van der Waals surface area (Å²) in [5.74, 6) is 0.950. The maximum absolute atomic E-state index is 3.66. The highest BCUT2D eigenvalue weighted by Gasteiger charge is 2.11. The lowest BCUT2D eigenvalue weighted by Gasteiger charge is -2.18. The highest BCUT2D eigenvalue weighted by atomic mass is 127. The van der Waals surface area contributed by atoms with Crippen LogP contribution >= 0.6 is 22.6 Å². The van der Waals surface area contributed by atoms with Gasteiger partial charge in [0, 0.05) is 0 Å². The molecule has 1 unspecified atom stereocenters. The zero-order valence-electron chi connectivity index (χ0n) is 8.71. The summed E-state index contributed by atoms with van der Waals surface area (Å²) >= 11 is 2.46. The van der Waals surface area contributed by atoms with Crippen LogP contribution < -0.4 is 0 Å². The Hall–Kier alpha value is -0.0500. The van der Waals surface area contributed by atoms with Crippen molar-refractivity contribution in [1.82, 2.24) is 0 Å². The first kappa shape index (κ1) is 12.0. The zero-order chi connectivity index (χ0) is 10.2. The zero-order valence-corrected chi connectivity index (χ0v) is 10.9.